The van der Waals surface area contributed by atoms with Crippen LogP contribution in [0.4, 0.5) is 0 Å². The third-order valence-corrected chi connectivity index (χ3v) is 4.66. The van der Waals surface area contributed by atoms with Crippen molar-refractivity contribution in [1.29, 1.82) is 0 Å². The zero-order valence-electron chi connectivity index (χ0n) is 11.1. The molecule has 3 aromatic rings. The monoisotopic (exact) mass is 282 g/mol. The van der Waals surface area contributed by atoms with Gasteiger partial charge in [0.05, 0.1) is 16.3 Å². The lowest BCUT2D eigenvalue weighted by Crippen LogP contribution is -2.05. The number of rotatable bonds is 3. The second kappa shape index (κ2) is 4.66. The van der Waals surface area contributed by atoms with Crippen LogP contribution in [0.25, 0.3) is 10.2 Å². The highest BCUT2D eigenvalue weighted by Crippen LogP contribution is 2.46. The maximum atomic E-state index is 5.73. The van der Waals surface area contributed by atoms with Gasteiger partial charge < -0.3 is 0 Å². The fraction of sp³-hybridized carbons (Fsp3) is 0.188. The average Bonchev–Trinajstić information content (AvgIpc) is 3.19. The predicted octanol–water partition coefficient (Wildman–Crippen LogP) is 4.30. The number of hydrogen-bond donors (Lipinski definition) is 0. The lowest BCUT2D eigenvalue weighted by atomic mass is 10.1. The molecule has 3 atom stereocenters. The van der Waals surface area contributed by atoms with Crippen molar-refractivity contribution >= 4 is 21.6 Å². The summed E-state index contributed by atoms with van der Waals surface area (Å²) in [7, 11) is 0. The van der Waals surface area contributed by atoms with Crippen molar-refractivity contribution in [2.75, 3.05) is 0 Å². The molecule has 1 fully saturated rings. The van der Waals surface area contributed by atoms with Crippen LogP contribution in [-0.2, 0) is 4.84 Å². The molecule has 0 amide bonds. The molecule has 1 aromatic heterocycles. The molecule has 4 heteroatoms. The fourth-order valence-electron chi connectivity index (χ4n) is 2.41. The third-order valence-electron chi connectivity index (χ3n) is 3.59. The summed E-state index contributed by atoms with van der Waals surface area (Å²) >= 11 is 1.71. The van der Waals surface area contributed by atoms with E-state index in [9.17, 15) is 0 Å². The van der Waals surface area contributed by atoms with E-state index in [1.54, 1.807) is 11.3 Å². The maximum absolute atomic E-state index is 5.73. The summed E-state index contributed by atoms with van der Waals surface area (Å²) in [5.41, 5.74) is 2.31. The lowest BCUT2D eigenvalue weighted by Gasteiger charge is -2.09. The fourth-order valence-corrected chi connectivity index (χ4v) is 3.39. The second-order valence-electron chi connectivity index (χ2n) is 4.92. The first-order valence-electron chi connectivity index (χ1n) is 6.68. The van der Waals surface area contributed by atoms with E-state index in [-0.39, 0.29) is 12.3 Å². The zero-order valence-corrected chi connectivity index (χ0v) is 11.9. The molecule has 0 aliphatic carbocycles. The average molecular weight is 282 g/mol. The normalized spacial score (nSPS) is 22.9. The molecule has 2 heterocycles. The molecule has 4 rings (SSSR count). The molecule has 1 aliphatic heterocycles. The molecule has 0 spiro atoms. The van der Waals surface area contributed by atoms with E-state index < -0.39 is 0 Å². The lowest BCUT2D eigenvalue weighted by molar-refractivity contribution is 0.155. The topological polar surface area (TPSA) is 28.4 Å². The van der Waals surface area contributed by atoms with E-state index in [0.717, 1.165) is 10.5 Å². The van der Waals surface area contributed by atoms with Crippen molar-refractivity contribution in [3.63, 3.8) is 0 Å². The number of benzene rings is 2. The van der Waals surface area contributed by atoms with Crippen LogP contribution in [0.1, 0.15) is 29.8 Å². The predicted molar refractivity (Wildman–Crippen MR) is 80.1 cm³/mol. The zero-order chi connectivity index (χ0) is 13.5. The second-order valence-corrected chi connectivity index (χ2v) is 5.99. The minimum atomic E-state index is 0.00241. The van der Waals surface area contributed by atoms with Crippen LogP contribution in [0.2, 0.25) is 0 Å². The van der Waals surface area contributed by atoms with Crippen molar-refractivity contribution in [2.45, 2.75) is 19.2 Å². The quantitative estimate of drug-likeness (QED) is 0.670. The number of hydrogen-bond acceptors (Lipinski definition) is 4. The number of fused-ring (bicyclic) bond motifs is 1. The molecule has 1 unspecified atom stereocenters. The molecule has 3 nitrogen and oxygen atoms in total. The number of thiazole rings is 1. The SMILES string of the molecule is C[C@@H](c1ccccc1)N1O[C@H]1c1nc2ccccc2s1. The molecular formula is C16H14N2OS. The number of hydroxylamine groups is 2. The first-order valence-corrected chi connectivity index (χ1v) is 7.50. The van der Waals surface area contributed by atoms with Gasteiger partial charge in [0.2, 0.25) is 6.23 Å². The van der Waals surface area contributed by atoms with Crippen molar-refractivity contribution in [1.82, 2.24) is 10.0 Å². The van der Waals surface area contributed by atoms with Crippen molar-refractivity contribution in [2.24, 2.45) is 0 Å². The Labute approximate surface area is 121 Å². The van der Waals surface area contributed by atoms with Gasteiger partial charge >= 0.3 is 0 Å². The van der Waals surface area contributed by atoms with Crippen LogP contribution in [0.15, 0.2) is 54.6 Å². The van der Waals surface area contributed by atoms with E-state index in [0.29, 0.717) is 0 Å². The van der Waals surface area contributed by atoms with Gasteiger partial charge in [0, 0.05) is 0 Å². The number of para-hydroxylation sites is 1. The highest BCUT2D eigenvalue weighted by Gasteiger charge is 2.44. The highest BCUT2D eigenvalue weighted by atomic mass is 32.1. The van der Waals surface area contributed by atoms with E-state index in [2.05, 4.69) is 42.2 Å². The number of nitrogens with zero attached hydrogens (tertiary/aromatic N) is 2. The molecule has 1 aliphatic rings. The Kier molecular flexibility index (Phi) is 2.80. The largest absolute Gasteiger partial charge is 0.267 e. The first kappa shape index (κ1) is 12.0. The minimum Gasteiger partial charge on any atom is -0.267 e. The van der Waals surface area contributed by atoms with Gasteiger partial charge in [-0.3, -0.25) is 4.84 Å². The summed E-state index contributed by atoms with van der Waals surface area (Å²) in [5.74, 6) is 0. The maximum Gasteiger partial charge on any atom is 0.206 e. The molecule has 20 heavy (non-hydrogen) atoms. The molecule has 2 aromatic carbocycles. The Morgan fingerprint density at radius 3 is 2.65 bits per heavy atom. The van der Waals surface area contributed by atoms with Crippen molar-refractivity contribution < 1.29 is 4.84 Å². The Morgan fingerprint density at radius 2 is 1.85 bits per heavy atom. The van der Waals surface area contributed by atoms with Crippen LogP contribution in [-0.4, -0.2) is 10.0 Å². The van der Waals surface area contributed by atoms with Gasteiger partial charge in [-0.1, -0.05) is 42.5 Å². The highest BCUT2D eigenvalue weighted by molar-refractivity contribution is 7.18. The van der Waals surface area contributed by atoms with Gasteiger partial charge in [0.1, 0.15) is 5.01 Å². The Morgan fingerprint density at radius 1 is 1.10 bits per heavy atom. The van der Waals surface area contributed by atoms with Gasteiger partial charge in [0.15, 0.2) is 0 Å². The molecule has 0 radical (unpaired) electrons. The summed E-state index contributed by atoms with van der Waals surface area (Å²) < 4.78 is 1.21. The molecule has 100 valence electrons. The van der Waals surface area contributed by atoms with Crippen molar-refractivity contribution in [3.8, 4) is 0 Å². The Bertz CT molecular complexity index is 707. The van der Waals surface area contributed by atoms with Crippen LogP contribution >= 0.6 is 11.3 Å². The van der Waals surface area contributed by atoms with Gasteiger partial charge in [-0.2, -0.15) is 0 Å². The smallest absolute Gasteiger partial charge is 0.206 e. The summed E-state index contributed by atoms with van der Waals surface area (Å²) in [5, 5.41) is 3.04. The van der Waals surface area contributed by atoms with Gasteiger partial charge in [0.25, 0.3) is 0 Å². The molecule has 0 N–H and O–H groups in total. The first-order chi connectivity index (χ1) is 9.83. The van der Waals surface area contributed by atoms with Crippen molar-refractivity contribution in [3.05, 3.63) is 65.2 Å². The van der Waals surface area contributed by atoms with E-state index in [1.165, 1.54) is 10.3 Å². The third kappa shape index (κ3) is 2.02. The van der Waals surface area contributed by atoms with E-state index in [1.807, 2.05) is 29.3 Å². The van der Waals surface area contributed by atoms with Crippen LogP contribution in [0, 0.1) is 0 Å². The molecular weight excluding hydrogens is 268 g/mol. The summed E-state index contributed by atoms with van der Waals surface area (Å²) in [6.45, 7) is 2.16. The van der Waals surface area contributed by atoms with Crippen LogP contribution in [0.5, 0.6) is 0 Å². The molecule has 0 saturated carbocycles. The Hall–Kier alpha value is -1.75. The van der Waals surface area contributed by atoms with Gasteiger partial charge in [-0.25, -0.2) is 4.98 Å². The van der Waals surface area contributed by atoms with Gasteiger partial charge in [-0.15, -0.1) is 16.4 Å². The summed E-state index contributed by atoms with van der Waals surface area (Å²) in [6.07, 6.45) is 0.00241. The van der Waals surface area contributed by atoms with E-state index in [4.69, 9.17) is 4.84 Å². The van der Waals surface area contributed by atoms with Crippen LogP contribution < -0.4 is 0 Å². The summed E-state index contributed by atoms with van der Waals surface area (Å²) in [6, 6.07) is 18.9. The minimum absolute atomic E-state index is 0.00241. The van der Waals surface area contributed by atoms with E-state index >= 15 is 0 Å². The van der Waals surface area contributed by atoms with Crippen LogP contribution in [0.3, 0.4) is 0 Å². The Balaban J connectivity index is 1.57. The molecule has 0 bridgehead atoms. The standard InChI is InChI=1S/C16H14N2OS/c1-11(12-7-3-2-4-8-12)18-16(19-18)15-17-13-9-5-6-10-14(13)20-15/h2-11,16H,1H3/t11-,16-,18?/m0/s1. The summed E-state index contributed by atoms with van der Waals surface area (Å²) in [4.78, 5) is 10.4. The molecule has 1 saturated heterocycles. The van der Waals surface area contributed by atoms with Gasteiger partial charge in [-0.05, 0) is 24.6 Å². The number of aromatic nitrogens is 1.